The van der Waals surface area contributed by atoms with E-state index in [2.05, 4.69) is 5.32 Å². The van der Waals surface area contributed by atoms with E-state index in [1.165, 1.54) is 0 Å². The van der Waals surface area contributed by atoms with Crippen LogP contribution in [0.25, 0.3) is 0 Å². The van der Waals surface area contributed by atoms with Crippen LogP contribution < -0.4 is 14.4 Å². The molecule has 7 heteroatoms. The first kappa shape index (κ1) is 20.8. The van der Waals surface area contributed by atoms with Crippen LogP contribution in [0.15, 0.2) is 54.6 Å². The first-order valence-electron chi connectivity index (χ1n) is 8.84. The number of rotatable bonds is 9. The summed E-state index contributed by atoms with van der Waals surface area (Å²) in [5.41, 5.74) is 1.47. The standard InChI is InChI=1S/C20H26N2O4S/c1-4-26-19-13-9-8-12-18(19)22(27(3,24)25)15-20(23)21-14-16(2)17-10-6-5-7-11-17/h5-13,16H,4,14-15H2,1-3H3,(H,21,23)/t16-/m1/s1. The molecule has 0 fully saturated rings. The van der Waals surface area contributed by atoms with Crippen LogP contribution in [0.1, 0.15) is 25.3 Å². The number of carbonyl (C=O) groups is 1. The van der Waals surface area contributed by atoms with Gasteiger partial charge < -0.3 is 10.1 Å². The lowest BCUT2D eigenvalue weighted by molar-refractivity contribution is -0.119. The Hall–Kier alpha value is -2.54. The third-order valence-corrected chi connectivity index (χ3v) is 5.22. The second-order valence-electron chi connectivity index (χ2n) is 6.29. The molecule has 0 aliphatic heterocycles. The largest absolute Gasteiger partial charge is 0.492 e. The van der Waals surface area contributed by atoms with Crippen LogP contribution in [0.3, 0.4) is 0 Å². The Morgan fingerprint density at radius 3 is 2.37 bits per heavy atom. The lowest BCUT2D eigenvalue weighted by atomic mass is 10.0. The second kappa shape index (κ2) is 9.41. The van der Waals surface area contributed by atoms with Crippen LogP contribution in [0.4, 0.5) is 5.69 Å². The van der Waals surface area contributed by atoms with Crippen LogP contribution in [0.2, 0.25) is 0 Å². The summed E-state index contributed by atoms with van der Waals surface area (Å²) in [4.78, 5) is 12.4. The number of hydrogen-bond acceptors (Lipinski definition) is 4. The molecule has 1 amide bonds. The minimum Gasteiger partial charge on any atom is -0.492 e. The number of ether oxygens (including phenoxy) is 1. The molecule has 6 nitrogen and oxygen atoms in total. The number of para-hydroxylation sites is 2. The molecule has 0 unspecified atom stereocenters. The summed E-state index contributed by atoms with van der Waals surface area (Å²) < 4.78 is 31.1. The zero-order chi connectivity index (χ0) is 19.9. The van der Waals surface area contributed by atoms with Crippen molar-refractivity contribution in [3.8, 4) is 5.75 Å². The summed E-state index contributed by atoms with van der Waals surface area (Å²) in [6.45, 7) is 4.35. The summed E-state index contributed by atoms with van der Waals surface area (Å²) in [5, 5.41) is 2.82. The summed E-state index contributed by atoms with van der Waals surface area (Å²) in [6.07, 6.45) is 1.08. The first-order chi connectivity index (χ1) is 12.8. The summed E-state index contributed by atoms with van der Waals surface area (Å²) in [6, 6.07) is 16.6. The normalized spacial score (nSPS) is 12.3. The van der Waals surface area contributed by atoms with Gasteiger partial charge in [-0.25, -0.2) is 8.42 Å². The molecule has 146 valence electrons. The Morgan fingerprint density at radius 1 is 1.11 bits per heavy atom. The maximum atomic E-state index is 12.4. The van der Waals surface area contributed by atoms with Gasteiger partial charge in [0.25, 0.3) is 0 Å². The predicted octanol–water partition coefficient (Wildman–Crippen LogP) is 2.77. The highest BCUT2D eigenvalue weighted by molar-refractivity contribution is 7.92. The van der Waals surface area contributed by atoms with Crippen LogP contribution in [0.5, 0.6) is 5.75 Å². The Labute approximate surface area is 161 Å². The number of benzene rings is 2. The SMILES string of the molecule is CCOc1ccccc1N(CC(=O)NC[C@@H](C)c1ccccc1)S(C)(=O)=O. The first-order valence-corrected chi connectivity index (χ1v) is 10.7. The average molecular weight is 391 g/mol. The van der Waals surface area contributed by atoms with Gasteiger partial charge in [-0.1, -0.05) is 49.4 Å². The van der Waals surface area contributed by atoms with Gasteiger partial charge in [-0.05, 0) is 30.5 Å². The zero-order valence-electron chi connectivity index (χ0n) is 15.9. The van der Waals surface area contributed by atoms with Gasteiger partial charge in [-0.2, -0.15) is 0 Å². The molecule has 0 heterocycles. The highest BCUT2D eigenvalue weighted by Gasteiger charge is 2.24. The van der Waals surface area contributed by atoms with E-state index in [0.29, 0.717) is 24.6 Å². The van der Waals surface area contributed by atoms with Gasteiger partial charge in [0.1, 0.15) is 12.3 Å². The highest BCUT2D eigenvalue weighted by atomic mass is 32.2. The topological polar surface area (TPSA) is 75.7 Å². The molecule has 0 aromatic heterocycles. The third kappa shape index (κ3) is 5.99. The molecule has 0 aliphatic carbocycles. The third-order valence-electron chi connectivity index (χ3n) is 4.10. The van der Waals surface area contributed by atoms with Crippen molar-refractivity contribution in [1.82, 2.24) is 5.32 Å². The highest BCUT2D eigenvalue weighted by Crippen LogP contribution is 2.29. The van der Waals surface area contributed by atoms with E-state index in [1.54, 1.807) is 24.3 Å². The van der Waals surface area contributed by atoms with Gasteiger partial charge in [0.2, 0.25) is 15.9 Å². The minimum absolute atomic E-state index is 0.123. The van der Waals surface area contributed by atoms with E-state index in [4.69, 9.17) is 4.74 Å². The van der Waals surface area contributed by atoms with Crippen molar-refractivity contribution < 1.29 is 17.9 Å². The molecule has 0 saturated carbocycles. The van der Waals surface area contributed by atoms with Gasteiger partial charge in [-0.15, -0.1) is 0 Å². The number of nitrogens with one attached hydrogen (secondary N) is 1. The molecule has 0 spiro atoms. The van der Waals surface area contributed by atoms with Crippen molar-refractivity contribution in [2.45, 2.75) is 19.8 Å². The number of hydrogen-bond donors (Lipinski definition) is 1. The van der Waals surface area contributed by atoms with Crippen molar-refractivity contribution in [2.75, 3.05) is 30.3 Å². The van der Waals surface area contributed by atoms with Gasteiger partial charge >= 0.3 is 0 Å². The van der Waals surface area contributed by atoms with Crippen molar-refractivity contribution in [3.63, 3.8) is 0 Å². The molecular weight excluding hydrogens is 364 g/mol. The van der Waals surface area contributed by atoms with E-state index in [9.17, 15) is 13.2 Å². The van der Waals surface area contributed by atoms with Crippen molar-refractivity contribution in [1.29, 1.82) is 0 Å². The fourth-order valence-electron chi connectivity index (χ4n) is 2.67. The molecule has 0 saturated heterocycles. The van der Waals surface area contributed by atoms with Crippen molar-refractivity contribution >= 4 is 21.6 Å². The molecule has 1 N–H and O–H groups in total. The molecule has 2 aromatic carbocycles. The molecular formula is C20H26N2O4S. The van der Waals surface area contributed by atoms with E-state index < -0.39 is 10.0 Å². The molecule has 0 aliphatic rings. The van der Waals surface area contributed by atoms with E-state index in [-0.39, 0.29) is 18.4 Å². The van der Waals surface area contributed by atoms with Gasteiger partial charge in [0, 0.05) is 6.54 Å². The van der Waals surface area contributed by atoms with Gasteiger partial charge in [-0.3, -0.25) is 9.10 Å². The number of nitrogens with zero attached hydrogens (tertiary/aromatic N) is 1. The minimum atomic E-state index is -3.65. The lowest BCUT2D eigenvalue weighted by Gasteiger charge is -2.24. The van der Waals surface area contributed by atoms with E-state index in [0.717, 1.165) is 16.1 Å². The maximum absolute atomic E-state index is 12.4. The Kier molecular flexibility index (Phi) is 7.24. The number of sulfonamides is 1. The van der Waals surface area contributed by atoms with E-state index in [1.807, 2.05) is 44.2 Å². The summed E-state index contributed by atoms with van der Waals surface area (Å²) in [7, 11) is -3.65. The Morgan fingerprint density at radius 2 is 1.74 bits per heavy atom. The van der Waals surface area contributed by atoms with Crippen LogP contribution in [-0.4, -0.2) is 40.3 Å². The number of amides is 1. The fourth-order valence-corrected chi connectivity index (χ4v) is 3.53. The van der Waals surface area contributed by atoms with Crippen LogP contribution >= 0.6 is 0 Å². The number of anilines is 1. The Balaban J connectivity index is 2.10. The zero-order valence-corrected chi connectivity index (χ0v) is 16.7. The summed E-state index contributed by atoms with van der Waals surface area (Å²) in [5.74, 6) is 0.183. The molecule has 0 bridgehead atoms. The fraction of sp³-hybridized carbons (Fsp3) is 0.350. The van der Waals surface area contributed by atoms with Crippen molar-refractivity contribution in [2.24, 2.45) is 0 Å². The second-order valence-corrected chi connectivity index (χ2v) is 8.19. The maximum Gasteiger partial charge on any atom is 0.240 e. The molecule has 27 heavy (non-hydrogen) atoms. The molecule has 0 radical (unpaired) electrons. The van der Waals surface area contributed by atoms with Crippen molar-refractivity contribution in [3.05, 3.63) is 60.2 Å². The predicted molar refractivity (Wildman–Crippen MR) is 108 cm³/mol. The van der Waals surface area contributed by atoms with E-state index >= 15 is 0 Å². The Bertz CT molecular complexity index is 853. The molecule has 2 rings (SSSR count). The van der Waals surface area contributed by atoms with Crippen LogP contribution in [-0.2, 0) is 14.8 Å². The smallest absolute Gasteiger partial charge is 0.240 e. The van der Waals surface area contributed by atoms with Gasteiger partial charge in [0.05, 0.1) is 18.6 Å². The molecule has 1 atom stereocenters. The average Bonchev–Trinajstić information content (AvgIpc) is 2.65. The quantitative estimate of drug-likeness (QED) is 0.714. The lowest BCUT2D eigenvalue weighted by Crippen LogP contribution is -2.41. The number of carbonyl (C=O) groups excluding carboxylic acids is 1. The molecule has 2 aromatic rings. The van der Waals surface area contributed by atoms with Gasteiger partial charge in [0.15, 0.2) is 0 Å². The monoisotopic (exact) mass is 390 g/mol. The van der Waals surface area contributed by atoms with Crippen LogP contribution in [0, 0.1) is 0 Å². The summed E-state index contributed by atoms with van der Waals surface area (Å²) >= 11 is 0.